The molecule has 1 heterocycles. The Morgan fingerprint density at radius 3 is 2.31 bits per heavy atom. The van der Waals surface area contributed by atoms with Crippen molar-refractivity contribution in [1.82, 2.24) is 15.5 Å². The van der Waals surface area contributed by atoms with Crippen molar-refractivity contribution >= 4 is 17.7 Å². The summed E-state index contributed by atoms with van der Waals surface area (Å²) in [5.41, 5.74) is 3.19. The molecular formula is C28H27N3O4. The zero-order valence-electron chi connectivity index (χ0n) is 19.3. The van der Waals surface area contributed by atoms with E-state index < -0.39 is 6.04 Å². The Morgan fingerprint density at radius 2 is 1.54 bits per heavy atom. The highest BCUT2D eigenvalue weighted by atomic mass is 16.5. The topological polar surface area (TPSA) is 87.7 Å². The van der Waals surface area contributed by atoms with Gasteiger partial charge in [0.1, 0.15) is 18.4 Å². The lowest BCUT2D eigenvalue weighted by Gasteiger charge is -2.24. The van der Waals surface area contributed by atoms with E-state index in [0.29, 0.717) is 24.3 Å². The highest BCUT2D eigenvalue weighted by molar-refractivity contribution is 6.05. The van der Waals surface area contributed by atoms with Gasteiger partial charge in [-0.1, -0.05) is 60.7 Å². The number of carbonyl (C=O) groups is 3. The summed E-state index contributed by atoms with van der Waals surface area (Å²) in [7, 11) is 0. The fraction of sp³-hybridized carbons (Fsp3) is 0.250. The molecule has 1 fully saturated rings. The Kier molecular flexibility index (Phi) is 6.48. The largest absolute Gasteiger partial charge is 0.489 e. The van der Waals surface area contributed by atoms with Crippen LogP contribution in [0.5, 0.6) is 5.75 Å². The molecule has 7 heteroatoms. The summed E-state index contributed by atoms with van der Waals surface area (Å²) < 4.78 is 5.85. The minimum atomic E-state index is -0.685. The number of benzene rings is 3. The molecule has 1 atom stereocenters. The number of carbonyl (C=O) groups excluding carboxylic acids is 3. The SMILES string of the molecule is O=C(CNC(=O)C1c2ccccc2C(=O)N1C1CC1)NCc1ccccc1COc1ccccc1. The van der Waals surface area contributed by atoms with Crippen molar-refractivity contribution < 1.29 is 19.1 Å². The lowest BCUT2D eigenvalue weighted by Crippen LogP contribution is -2.43. The lowest BCUT2D eigenvalue weighted by atomic mass is 10.0. The Bertz CT molecular complexity index is 1240. The molecule has 0 aromatic heterocycles. The molecule has 178 valence electrons. The quantitative estimate of drug-likeness (QED) is 0.503. The summed E-state index contributed by atoms with van der Waals surface area (Å²) >= 11 is 0. The van der Waals surface area contributed by atoms with Crippen LogP contribution in [0.4, 0.5) is 0 Å². The van der Waals surface area contributed by atoms with Crippen LogP contribution in [0.25, 0.3) is 0 Å². The number of para-hydroxylation sites is 1. The zero-order chi connectivity index (χ0) is 24.2. The van der Waals surface area contributed by atoms with Crippen molar-refractivity contribution in [2.24, 2.45) is 0 Å². The fourth-order valence-corrected chi connectivity index (χ4v) is 4.40. The maximum absolute atomic E-state index is 13.0. The van der Waals surface area contributed by atoms with E-state index in [0.717, 1.165) is 29.7 Å². The van der Waals surface area contributed by atoms with Gasteiger partial charge in [-0.05, 0) is 47.7 Å². The second-order valence-corrected chi connectivity index (χ2v) is 8.80. The van der Waals surface area contributed by atoms with E-state index in [2.05, 4.69) is 10.6 Å². The van der Waals surface area contributed by atoms with Crippen LogP contribution in [0.1, 0.15) is 45.9 Å². The van der Waals surface area contributed by atoms with Crippen molar-refractivity contribution in [2.75, 3.05) is 6.54 Å². The van der Waals surface area contributed by atoms with Gasteiger partial charge in [-0.15, -0.1) is 0 Å². The Balaban J connectivity index is 1.16. The van der Waals surface area contributed by atoms with Gasteiger partial charge in [0.15, 0.2) is 0 Å². The lowest BCUT2D eigenvalue weighted by molar-refractivity contribution is -0.129. The van der Waals surface area contributed by atoms with Gasteiger partial charge < -0.3 is 20.3 Å². The van der Waals surface area contributed by atoms with Crippen LogP contribution in [-0.4, -0.2) is 35.2 Å². The summed E-state index contributed by atoms with van der Waals surface area (Å²) in [6, 6.07) is 23.9. The second kappa shape index (κ2) is 10.0. The molecule has 0 bridgehead atoms. The number of hydrogen-bond acceptors (Lipinski definition) is 4. The molecule has 2 N–H and O–H groups in total. The fourth-order valence-electron chi connectivity index (χ4n) is 4.40. The summed E-state index contributed by atoms with van der Waals surface area (Å²) in [5.74, 6) is 0.0398. The van der Waals surface area contributed by atoms with Crippen LogP contribution in [0.15, 0.2) is 78.9 Å². The van der Waals surface area contributed by atoms with Gasteiger partial charge >= 0.3 is 0 Å². The van der Waals surface area contributed by atoms with Gasteiger partial charge in [0.05, 0.1) is 6.54 Å². The Morgan fingerprint density at radius 1 is 0.857 bits per heavy atom. The molecule has 1 aliphatic carbocycles. The van der Waals surface area contributed by atoms with Gasteiger partial charge in [-0.3, -0.25) is 14.4 Å². The number of ether oxygens (including phenoxy) is 1. The first-order chi connectivity index (χ1) is 17.1. The highest BCUT2D eigenvalue weighted by Crippen LogP contribution is 2.41. The van der Waals surface area contributed by atoms with E-state index in [9.17, 15) is 14.4 Å². The van der Waals surface area contributed by atoms with Gasteiger partial charge in [0, 0.05) is 18.2 Å². The molecule has 2 aliphatic rings. The van der Waals surface area contributed by atoms with Crippen LogP contribution >= 0.6 is 0 Å². The summed E-state index contributed by atoms with van der Waals surface area (Å²) in [4.78, 5) is 40.1. The molecule has 0 saturated heterocycles. The van der Waals surface area contributed by atoms with Crippen LogP contribution in [0, 0.1) is 0 Å². The molecule has 1 aliphatic heterocycles. The second-order valence-electron chi connectivity index (χ2n) is 8.80. The summed E-state index contributed by atoms with van der Waals surface area (Å²) in [6.45, 7) is 0.549. The minimum Gasteiger partial charge on any atom is -0.489 e. The minimum absolute atomic E-state index is 0.0917. The maximum atomic E-state index is 13.0. The molecule has 0 radical (unpaired) electrons. The zero-order valence-corrected chi connectivity index (χ0v) is 19.3. The van der Waals surface area contributed by atoms with Gasteiger partial charge in [-0.2, -0.15) is 0 Å². The van der Waals surface area contributed by atoms with Crippen molar-refractivity contribution in [2.45, 2.75) is 38.1 Å². The molecule has 3 aromatic carbocycles. The number of rotatable bonds is 9. The number of amides is 3. The third-order valence-corrected chi connectivity index (χ3v) is 6.34. The first kappa shape index (κ1) is 22.7. The van der Waals surface area contributed by atoms with Crippen LogP contribution in [-0.2, 0) is 22.7 Å². The van der Waals surface area contributed by atoms with E-state index >= 15 is 0 Å². The number of nitrogens with one attached hydrogen (secondary N) is 2. The van der Waals surface area contributed by atoms with Crippen molar-refractivity contribution in [3.05, 3.63) is 101 Å². The molecule has 7 nitrogen and oxygen atoms in total. The van der Waals surface area contributed by atoms with Gasteiger partial charge in [0.2, 0.25) is 11.8 Å². The van der Waals surface area contributed by atoms with Crippen LogP contribution in [0.2, 0.25) is 0 Å². The van der Waals surface area contributed by atoms with E-state index in [1.807, 2.05) is 66.7 Å². The van der Waals surface area contributed by atoms with Gasteiger partial charge in [-0.25, -0.2) is 0 Å². The van der Waals surface area contributed by atoms with Crippen LogP contribution in [0.3, 0.4) is 0 Å². The predicted molar refractivity (Wildman–Crippen MR) is 130 cm³/mol. The number of nitrogens with zero attached hydrogens (tertiary/aromatic N) is 1. The molecule has 0 spiro atoms. The number of hydrogen-bond donors (Lipinski definition) is 2. The normalized spacial score (nSPS) is 16.5. The van der Waals surface area contributed by atoms with E-state index in [1.165, 1.54) is 0 Å². The average molecular weight is 470 g/mol. The third-order valence-electron chi connectivity index (χ3n) is 6.34. The molecule has 5 rings (SSSR count). The molecular weight excluding hydrogens is 442 g/mol. The van der Waals surface area contributed by atoms with E-state index in [4.69, 9.17) is 4.74 Å². The summed E-state index contributed by atoms with van der Waals surface area (Å²) in [5, 5.41) is 5.59. The molecule has 35 heavy (non-hydrogen) atoms. The first-order valence-corrected chi connectivity index (χ1v) is 11.8. The van der Waals surface area contributed by atoms with Gasteiger partial charge in [0.25, 0.3) is 5.91 Å². The smallest absolute Gasteiger partial charge is 0.255 e. The standard InChI is InChI=1S/C28H27N3O4/c32-25(29-16-19-8-4-5-9-20(19)18-35-22-10-2-1-3-11-22)17-30-27(33)26-23-12-6-7-13-24(23)28(34)31(26)21-14-15-21/h1-13,21,26H,14-18H2,(H,29,32)(H,30,33). The van der Waals surface area contributed by atoms with E-state index in [1.54, 1.807) is 17.0 Å². The molecule has 1 saturated carbocycles. The molecule has 1 unspecified atom stereocenters. The van der Waals surface area contributed by atoms with Crippen molar-refractivity contribution in [3.8, 4) is 5.75 Å². The summed E-state index contributed by atoms with van der Waals surface area (Å²) in [6.07, 6.45) is 1.80. The number of fused-ring (bicyclic) bond motifs is 1. The van der Waals surface area contributed by atoms with Crippen molar-refractivity contribution in [3.63, 3.8) is 0 Å². The third kappa shape index (κ3) is 5.04. The monoisotopic (exact) mass is 469 g/mol. The maximum Gasteiger partial charge on any atom is 0.255 e. The predicted octanol–water partition coefficient (Wildman–Crippen LogP) is 3.36. The van der Waals surface area contributed by atoms with E-state index in [-0.39, 0.29) is 30.3 Å². The van der Waals surface area contributed by atoms with Crippen LogP contribution < -0.4 is 15.4 Å². The molecule has 3 aromatic rings. The molecule has 3 amide bonds. The Labute approximate surface area is 204 Å². The first-order valence-electron chi connectivity index (χ1n) is 11.8. The highest BCUT2D eigenvalue weighted by Gasteiger charge is 2.47. The van der Waals surface area contributed by atoms with Crippen molar-refractivity contribution in [1.29, 1.82) is 0 Å². The Hall–Kier alpha value is -4.13. The average Bonchev–Trinajstić information content (AvgIpc) is 3.69.